The number of rotatable bonds is 6. The zero-order chi connectivity index (χ0) is 17.8. The molecule has 0 fully saturated rings. The van der Waals surface area contributed by atoms with Crippen LogP contribution in [0.1, 0.15) is 45.2 Å². The van der Waals surface area contributed by atoms with Crippen LogP contribution in [0.25, 0.3) is 0 Å². The van der Waals surface area contributed by atoms with Gasteiger partial charge in [-0.1, -0.05) is 23.2 Å². The van der Waals surface area contributed by atoms with Crippen molar-refractivity contribution in [3.05, 3.63) is 43.3 Å². The highest BCUT2D eigenvalue weighted by molar-refractivity contribution is 7.11. The Kier molecular flexibility index (Phi) is 6.20. The highest BCUT2D eigenvalue weighted by Gasteiger charge is 2.15. The fraction of sp³-hybridized carbons (Fsp3) is 0.444. The van der Waals surface area contributed by atoms with Gasteiger partial charge in [0.15, 0.2) is 5.75 Å². The van der Waals surface area contributed by atoms with E-state index >= 15 is 0 Å². The van der Waals surface area contributed by atoms with Gasteiger partial charge in [-0.15, -0.1) is 11.3 Å². The molecule has 0 saturated heterocycles. The molecule has 1 heterocycles. The van der Waals surface area contributed by atoms with Crippen LogP contribution in [0.5, 0.6) is 5.75 Å². The maximum absolute atomic E-state index is 12.2. The lowest BCUT2D eigenvalue weighted by Gasteiger charge is -2.09. The highest BCUT2D eigenvalue weighted by Crippen LogP contribution is 2.33. The molecular weight excluding hydrogens is 379 g/mol. The number of fused-ring (bicyclic) bond motifs is 1. The first-order valence-corrected chi connectivity index (χ1v) is 9.94. The van der Waals surface area contributed by atoms with Crippen LogP contribution in [0, 0.1) is 0 Å². The molecule has 0 unspecified atom stereocenters. The van der Waals surface area contributed by atoms with Gasteiger partial charge in [-0.05, 0) is 44.2 Å². The Morgan fingerprint density at radius 1 is 1.28 bits per heavy atom. The summed E-state index contributed by atoms with van der Waals surface area (Å²) in [6.07, 6.45) is 6.55. The van der Waals surface area contributed by atoms with Crippen LogP contribution in [0.3, 0.4) is 0 Å². The number of hydrogen-bond acceptors (Lipinski definition) is 4. The minimum atomic E-state index is -0.190. The number of amides is 1. The van der Waals surface area contributed by atoms with E-state index in [1.54, 1.807) is 12.1 Å². The molecule has 1 aromatic heterocycles. The van der Waals surface area contributed by atoms with Gasteiger partial charge in [0, 0.05) is 23.4 Å². The van der Waals surface area contributed by atoms with Crippen molar-refractivity contribution in [1.82, 2.24) is 10.3 Å². The van der Waals surface area contributed by atoms with E-state index in [0.717, 1.165) is 19.3 Å². The van der Waals surface area contributed by atoms with Crippen LogP contribution in [-0.2, 0) is 19.3 Å². The molecular formula is C18H20Cl2N2O2S. The number of halogens is 2. The molecule has 0 atom stereocenters. The Morgan fingerprint density at radius 2 is 2.00 bits per heavy atom. The summed E-state index contributed by atoms with van der Waals surface area (Å²) in [6, 6.07) is 3.13. The minimum Gasteiger partial charge on any atom is -0.494 e. The number of aromatic nitrogens is 1. The molecule has 134 valence electrons. The zero-order valence-electron chi connectivity index (χ0n) is 14.0. The molecule has 0 radical (unpaired) electrons. The van der Waals surface area contributed by atoms with Gasteiger partial charge in [0.25, 0.3) is 5.91 Å². The normalized spacial score (nSPS) is 13.4. The lowest BCUT2D eigenvalue weighted by atomic mass is 10.0. The number of thiazole rings is 1. The third-order valence-electron chi connectivity index (χ3n) is 4.21. The Balaban J connectivity index is 1.50. The van der Waals surface area contributed by atoms with Gasteiger partial charge in [0.2, 0.25) is 0 Å². The summed E-state index contributed by atoms with van der Waals surface area (Å²) < 4.78 is 5.09. The van der Waals surface area contributed by atoms with Crippen molar-refractivity contribution in [2.45, 2.75) is 38.5 Å². The van der Waals surface area contributed by atoms with Gasteiger partial charge < -0.3 is 10.1 Å². The molecule has 1 aliphatic carbocycles. The summed E-state index contributed by atoms with van der Waals surface area (Å²) in [5.74, 6) is 0.192. The number of benzene rings is 1. The summed E-state index contributed by atoms with van der Waals surface area (Å²) in [4.78, 5) is 18.4. The van der Waals surface area contributed by atoms with E-state index in [1.807, 2.05) is 11.3 Å². The lowest BCUT2D eigenvalue weighted by molar-refractivity contribution is 0.0953. The first kappa shape index (κ1) is 18.5. The zero-order valence-corrected chi connectivity index (χ0v) is 16.4. The average molecular weight is 399 g/mol. The van der Waals surface area contributed by atoms with Crippen molar-refractivity contribution in [2.75, 3.05) is 13.7 Å². The Bertz CT molecular complexity index is 730. The van der Waals surface area contributed by atoms with E-state index in [1.165, 1.54) is 42.0 Å². The fourth-order valence-corrected chi connectivity index (χ4v) is 4.78. The van der Waals surface area contributed by atoms with Gasteiger partial charge in [0.05, 0.1) is 27.9 Å². The van der Waals surface area contributed by atoms with Gasteiger partial charge in [0.1, 0.15) is 0 Å². The largest absolute Gasteiger partial charge is 0.494 e. The van der Waals surface area contributed by atoms with Gasteiger partial charge >= 0.3 is 0 Å². The molecule has 0 saturated carbocycles. The molecule has 4 nitrogen and oxygen atoms in total. The van der Waals surface area contributed by atoms with Crippen molar-refractivity contribution in [1.29, 1.82) is 0 Å². The number of carbonyl (C=O) groups excluding carboxylic acids is 1. The van der Waals surface area contributed by atoms with Crippen molar-refractivity contribution in [3.63, 3.8) is 0 Å². The Morgan fingerprint density at radius 3 is 2.68 bits per heavy atom. The van der Waals surface area contributed by atoms with Crippen LogP contribution in [0.2, 0.25) is 10.0 Å². The third kappa shape index (κ3) is 4.46. The molecule has 1 N–H and O–H groups in total. The smallest absolute Gasteiger partial charge is 0.251 e. The molecule has 25 heavy (non-hydrogen) atoms. The Hall–Kier alpha value is -1.30. The maximum atomic E-state index is 12.2. The van der Waals surface area contributed by atoms with E-state index < -0.39 is 0 Å². The second kappa shape index (κ2) is 8.39. The fourth-order valence-electron chi connectivity index (χ4n) is 2.94. The standard InChI is InChI=1S/C18H20Cl2N2O2S/c1-24-17-12(19)9-11(10-13(17)20)18(23)21-8-4-7-16-22-14-5-2-3-6-15(14)25-16/h9-10H,2-8H2,1H3,(H,21,23). The van der Waals surface area contributed by atoms with Gasteiger partial charge in [-0.25, -0.2) is 4.98 Å². The van der Waals surface area contributed by atoms with Gasteiger partial charge in [-0.2, -0.15) is 0 Å². The third-order valence-corrected chi connectivity index (χ3v) is 5.99. The van der Waals surface area contributed by atoms with Gasteiger partial charge in [-0.3, -0.25) is 4.79 Å². The predicted molar refractivity (Wildman–Crippen MR) is 102 cm³/mol. The predicted octanol–water partition coefficient (Wildman–Crippen LogP) is 4.70. The molecule has 0 spiro atoms. The van der Waals surface area contributed by atoms with E-state index in [0.29, 0.717) is 27.9 Å². The molecule has 0 aliphatic heterocycles. The van der Waals surface area contributed by atoms with E-state index in [-0.39, 0.29) is 5.91 Å². The number of hydrogen-bond donors (Lipinski definition) is 1. The molecule has 3 rings (SSSR count). The molecule has 1 aromatic carbocycles. The van der Waals surface area contributed by atoms with Crippen LogP contribution in [0.15, 0.2) is 12.1 Å². The van der Waals surface area contributed by atoms with Crippen LogP contribution >= 0.6 is 34.5 Å². The lowest BCUT2D eigenvalue weighted by Crippen LogP contribution is -2.24. The SMILES string of the molecule is COc1c(Cl)cc(C(=O)NCCCc2nc3c(s2)CCCC3)cc1Cl. The topological polar surface area (TPSA) is 51.2 Å². The number of aryl methyl sites for hydroxylation is 3. The molecule has 7 heteroatoms. The van der Waals surface area contributed by atoms with Crippen LogP contribution in [0.4, 0.5) is 0 Å². The van der Waals surface area contributed by atoms with E-state index in [9.17, 15) is 4.79 Å². The number of carbonyl (C=O) groups is 1. The van der Waals surface area contributed by atoms with Crippen molar-refractivity contribution in [2.24, 2.45) is 0 Å². The second-order valence-electron chi connectivity index (χ2n) is 6.02. The summed E-state index contributed by atoms with van der Waals surface area (Å²) in [6.45, 7) is 0.588. The summed E-state index contributed by atoms with van der Waals surface area (Å²) in [5.41, 5.74) is 1.72. The van der Waals surface area contributed by atoms with Crippen molar-refractivity contribution in [3.8, 4) is 5.75 Å². The number of nitrogens with zero attached hydrogens (tertiary/aromatic N) is 1. The minimum absolute atomic E-state index is 0.190. The van der Waals surface area contributed by atoms with Crippen molar-refractivity contribution < 1.29 is 9.53 Å². The number of ether oxygens (including phenoxy) is 1. The molecule has 1 aliphatic rings. The molecule has 1 amide bonds. The van der Waals surface area contributed by atoms with Crippen LogP contribution in [-0.4, -0.2) is 24.5 Å². The maximum Gasteiger partial charge on any atom is 0.251 e. The van der Waals surface area contributed by atoms with E-state index in [4.69, 9.17) is 32.9 Å². The summed E-state index contributed by atoms with van der Waals surface area (Å²) >= 11 is 14.0. The second-order valence-corrected chi connectivity index (χ2v) is 8.00. The van der Waals surface area contributed by atoms with Crippen LogP contribution < -0.4 is 10.1 Å². The quantitative estimate of drug-likeness (QED) is 0.717. The molecule has 0 bridgehead atoms. The van der Waals surface area contributed by atoms with Crippen molar-refractivity contribution >= 4 is 40.4 Å². The summed E-state index contributed by atoms with van der Waals surface area (Å²) in [5, 5.41) is 4.73. The molecule has 2 aromatic rings. The highest BCUT2D eigenvalue weighted by atomic mass is 35.5. The average Bonchev–Trinajstić information content (AvgIpc) is 3.01. The summed E-state index contributed by atoms with van der Waals surface area (Å²) in [7, 11) is 1.49. The number of methoxy groups -OCH3 is 1. The Labute approximate surface area is 161 Å². The number of nitrogens with one attached hydrogen (secondary N) is 1. The first-order chi connectivity index (χ1) is 12.1. The monoisotopic (exact) mass is 398 g/mol. The first-order valence-electron chi connectivity index (χ1n) is 8.37. The van der Waals surface area contributed by atoms with E-state index in [2.05, 4.69) is 5.32 Å².